The normalized spacial score (nSPS) is 32.1. The van der Waals surface area contributed by atoms with Gasteiger partial charge in [-0.15, -0.1) is 0 Å². The minimum absolute atomic E-state index is 0.0630. The smallest absolute Gasteiger partial charge is 0.308 e. The standard InChI is InChI=1S/C15H25NO4/c1-10-4-3-5-13(8-10)20-11(2)14(17)16-7-6-12(9-16)15(18)19/h10-13H,3-9H2,1-2H3,(H,18,19)/t10-,11-,12-,13+/m1/s1. The zero-order valence-corrected chi connectivity index (χ0v) is 12.4. The van der Waals surface area contributed by atoms with Gasteiger partial charge in [0.1, 0.15) is 6.10 Å². The number of carboxylic acid groups (broad SMARTS) is 1. The van der Waals surface area contributed by atoms with Crippen LogP contribution in [0.15, 0.2) is 0 Å². The summed E-state index contributed by atoms with van der Waals surface area (Å²) in [5, 5.41) is 8.97. The van der Waals surface area contributed by atoms with E-state index in [1.165, 1.54) is 6.42 Å². The molecule has 20 heavy (non-hydrogen) atoms. The Labute approximate surface area is 120 Å². The second kappa shape index (κ2) is 6.57. The average Bonchev–Trinajstić information content (AvgIpc) is 2.87. The van der Waals surface area contributed by atoms with Crippen molar-refractivity contribution in [1.82, 2.24) is 4.90 Å². The van der Waals surface area contributed by atoms with Gasteiger partial charge in [0.25, 0.3) is 5.91 Å². The molecule has 0 bridgehead atoms. The monoisotopic (exact) mass is 283 g/mol. The SMILES string of the molecule is C[C@@H]1CCC[C@H](O[C@H](C)C(=O)N2CC[C@@H](C(=O)O)C2)C1. The number of hydrogen-bond acceptors (Lipinski definition) is 3. The topological polar surface area (TPSA) is 66.8 Å². The Balaban J connectivity index is 1.81. The third kappa shape index (κ3) is 3.72. The van der Waals surface area contributed by atoms with Crippen LogP contribution >= 0.6 is 0 Å². The maximum atomic E-state index is 12.3. The zero-order chi connectivity index (χ0) is 14.7. The predicted octanol–water partition coefficient (Wildman–Crippen LogP) is 1.90. The van der Waals surface area contributed by atoms with Crippen LogP contribution in [-0.4, -0.2) is 47.2 Å². The van der Waals surface area contributed by atoms with Crippen molar-refractivity contribution in [1.29, 1.82) is 0 Å². The van der Waals surface area contributed by atoms with E-state index in [-0.39, 0.29) is 12.0 Å². The highest BCUT2D eigenvalue weighted by Gasteiger charge is 2.34. The lowest BCUT2D eigenvalue weighted by molar-refractivity contribution is -0.147. The van der Waals surface area contributed by atoms with Crippen LogP contribution in [0.5, 0.6) is 0 Å². The summed E-state index contributed by atoms with van der Waals surface area (Å²) < 4.78 is 5.89. The van der Waals surface area contributed by atoms with Crippen LogP contribution in [0.4, 0.5) is 0 Å². The highest BCUT2D eigenvalue weighted by Crippen LogP contribution is 2.27. The van der Waals surface area contributed by atoms with Crippen LogP contribution < -0.4 is 0 Å². The molecule has 0 spiro atoms. The number of amides is 1. The van der Waals surface area contributed by atoms with E-state index in [0.29, 0.717) is 25.4 Å². The molecule has 5 nitrogen and oxygen atoms in total. The Kier molecular flexibility index (Phi) is 5.02. The fraction of sp³-hybridized carbons (Fsp3) is 0.867. The van der Waals surface area contributed by atoms with Gasteiger partial charge in [-0.25, -0.2) is 0 Å². The molecule has 1 N–H and O–H groups in total. The Morgan fingerprint density at radius 3 is 2.65 bits per heavy atom. The molecule has 2 rings (SSSR count). The predicted molar refractivity (Wildman–Crippen MR) is 74.3 cm³/mol. The summed E-state index contributed by atoms with van der Waals surface area (Å²) in [6.07, 6.45) is 4.73. The summed E-state index contributed by atoms with van der Waals surface area (Å²) >= 11 is 0. The minimum atomic E-state index is -0.810. The van der Waals surface area contributed by atoms with Crippen LogP contribution in [0.1, 0.15) is 46.0 Å². The molecule has 2 fully saturated rings. The summed E-state index contributed by atoms with van der Waals surface area (Å²) in [5.41, 5.74) is 0. The minimum Gasteiger partial charge on any atom is -0.481 e. The van der Waals surface area contributed by atoms with E-state index in [9.17, 15) is 9.59 Å². The van der Waals surface area contributed by atoms with Crippen LogP contribution in [0.2, 0.25) is 0 Å². The van der Waals surface area contributed by atoms with Crippen LogP contribution in [0.25, 0.3) is 0 Å². The number of carboxylic acids is 1. The molecule has 2 aliphatic rings. The van der Waals surface area contributed by atoms with Crippen molar-refractivity contribution in [3.63, 3.8) is 0 Å². The van der Waals surface area contributed by atoms with Gasteiger partial charge < -0.3 is 14.7 Å². The first-order valence-corrected chi connectivity index (χ1v) is 7.64. The van der Waals surface area contributed by atoms with Crippen molar-refractivity contribution in [3.8, 4) is 0 Å². The number of rotatable bonds is 4. The Morgan fingerprint density at radius 2 is 2.05 bits per heavy atom. The molecule has 1 saturated heterocycles. The van der Waals surface area contributed by atoms with E-state index in [4.69, 9.17) is 9.84 Å². The van der Waals surface area contributed by atoms with Gasteiger partial charge in [0.2, 0.25) is 0 Å². The van der Waals surface area contributed by atoms with Crippen molar-refractivity contribution in [2.24, 2.45) is 11.8 Å². The van der Waals surface area contributed by atoms with Gasteiger partial charge in [-0.05, 0) is 32.1 Å². The fourth-order valence-electron chi connectivity index (χ4n) is 3.27. The molecule has 1 saturated carbocycles. The van der Waals surface area contributed by atoms with E-state index in [2.05, 4.69) is 6.92 Å². The molecule has 1 amide bonds. The third-order valence-corrected chi connectivity index (χ3v) is 4.48. The molecule has 1 aliphatic heterocycles. The maximum absolute atomic E-state index is 12.3. The number of nitrogens with zero attached hydrogens (tertiary/aromatic N) is 1. The van der Waals surface area contributed by atoms with Gasteiger partial charge in [-0.1, -0.05) is 19.8 Å². The number of aliphatic carboxylic acids is 1. The number of carbonyl (C=O) groups excluding carboxylic acids is 1. The lowest BCUT2D eigenvalue weighted by atomic mass is 9.88. The van der Waals surface area contributed by atoms with Gasteiger partial charge in [0.15, 0.2) is 0 Å². The first-order valence-electron chi connectivity index (χ1n) is 7.64. The van der Waals surface area contributed by atoms with Crippen molar-refractivity contribution in [3.05, 3.63) is 0 Å². The van der Waals surface area contributed by atoms with Gasteiger partial charge in [0, 0.05) is 13.1 Å². The summed E-state index contributed by atoms with van der Waals surface area (Å²) in [5.74, 6) is -0.623. The van der Waals surface area contributed by atoms with Crippen LogP contribution in [0, 0.1) is 11.8 Å². The van der Waals surface area contributed by atoms with E-state index >= 15 is 0 Å². The van der Waals surface area contributed by atoms with Gasteiger partial charge >= 0.3 is 5.97 Å². The first kappa shape index (κ1) is 15.3. The van der Waals surface area contributed by atoms with Gasteiger partial charge in [-0.2, -0.15) is 0 Å². The maximum Gasteiger partial charge on any atom is 0.308 e. The third-order valence-electron chi connectivity index (χ3n) is 4.48. The number of carbonyl (C=O) groups is 2. The average molecular weight is 283 g/mol. The van der Waals surface area contributed by atoms with Crippen LogP contribution in [-0.2, 0) is 14.3 Å². The Bertz CT molecular complexity index is 371. The molecule has 1 aliphatic carbocycles. The first-order chi connectivity index (χ1) is 9.47. The molecule has 0 unspecified atom stereocenters. The largest absolute Gasteiger partial charge is 0.481 e. The molecule has 0 aromatic rings. The molecule has 0 aromatic carbocycles. The molecule has 114 valence electrons. The van der Waals surface area contributed by atoms with Crippen molar-refractivity contribution in [2.75, 3.05) is 13.1 Å². The Hall–Kier alpha value is -1.10. The summed E-state index contributed by atoms with van der Waals surface area (Å²) in [6.45, 7) is 4.86. The van der Waals surface area contributed by atoms with E-state index in [1.54, 1.807) is 11.8 Å². The highest BCUT2D eigenvalue weighted by molar-refractivity contribution is 5.82. The second-order valence-electron chi connectivity index (χ2n) is 6.28. The van der Waals surface area contributed by atoms with Gasteiger partial charge in [0.05, 0.1) is 12.0 Å². The number of ether oxygens (including phenoxy) is 1. The molecule has 0 radical (unpaired) electrons. The second-order valence-corrected chi connectivity index (χ2v) is 6.28. The molecule has 5 heteroatoms. The van der Waals surface area contributed by atoms with Crippen LogP contribution in [0.3, 0.4) is 0 Å². The quantitative estimate of drug-likeness (QED) is 0.855. The zero-order valence-electron chi connectivity index (χ0n) is 12.4. The van der Waals surface area contributed by atoms with Crippen molar-refractivity contribution in [2.45, 2.75) is 58.2 Å². The van der Waals surface area contributed by atoms with E-state index in [1.807, 2.05) is 0 Å². The molecule has 4 atom stereocenters. The summed E-state index contributed by atoms with van der Waals surface area (Å²) in [4.78, 5) is 24.8. The Morgan fingerprint density at radius 1 is 1.30 bits per heavy atom. The van der Waals surface area contributed by atoms with Crippen molar-refractivity contribution < 1.29 is 19.4 Å². The number of likely N-dealkylation sites (tertiary alicyclic amines) is 1. The fourth-order valence-corrected chi connectivity index (χ4v) is 3.27. The lowest BCUT2D eigenvalue weighted by Gasteiger charge is -2.30. The lowest BCUT2D eigenvalue weighted by Crippen LogP contribution is -2.40. The molecular formula is C15H25NO4. The molecule has 0 aromatic heterocycles. The van der Waals surface area contributed by atoms with Gasteiger partial charge in [-0.3, -0.25) is 9.59 Å². The molecule has 1 heterocycles. The van der Waals surface area contributed by atoms with E-state index < -0.39 is 18.0 Å². The summed E-state index contributed by atoms with van der Waals surface area (Å²) in [6, 6.07) is 0. The van der Waals surface area contributed by atoms with Crippen molar-refractivity contribution >= 4 is 11.9 Å². The molecular weight excluding hydrogens is 258 g/mol. The summed E-state index contributed by atoms with van der Waals surface area (Å²) in [7, 11) is 0. The highest BCUT2D eigenvalue weighted by atomic mass is 16.5. The van der Waals surface area contributed by atoms with E-state index in [0.717, 1.165) is 19.3 Å². The number of hydrogen-bond donors (Lipinski definition) is 1.